The van der Waals surface area contributed by atoms with Crippen LogP contribution in [-0.2, 0) is 16.6 Å². The van der Waals surface area contributed by atoms with Crippen molar-refractivity contribution in [1.29, 1.82) is 0 Å². The predicted molar refractivity (Wildman–Crippen MR) is 89.9 cm³/mol. The Labute approximate surface area is 147 Å². The molecule has 9 heteroatoms. The summed E-state index contributed by atoms with van der Waals surface area (Å²) >= 11 is 6.01. The van der Waals surface area contributed by atoms with Gasteiger partial charge in [-0.1, -0.05) is 29.8 Å². The van der Waals surface area contributed by atoms with Crippen molar-refractivity contribution >= 4 is 27.4 Å². The Morgan fingerprint density at radius 1 is 1.08 bits per heavy atom. The molecule has 0 bridgehead atoms. The minimum Gasteiger partial charge on any atom is -0.265 e. The number of halogens is 3. The molecule has 0 aliphatic carbocycles. The minimum atomic E-state index is -3.97. The third-order valence-electron chi connectivity index (χ3n) is 3.36. The van der Waals surface area contributed by atoms with Gasteiger partial charge in [-0.25, -0.2) is 17.2 Å². The van der Waals surface area contributed by atoms with Gasteiger partial charge < -0.3 is 0 Å². The van der Waals surface area contributed by atoms with Crippen molar-refractivity contribution in [2.24, 2.45) is 0 Å². The highest BCUT2D eigenvalue weighted by molar-refractivity contribution is 7.92. The average molecular weight is 384 g/mol. The van der Waals surface area contributed by atoms with Crippen LogP contribution in [0.3, 0.4) is 0 Å². The SMILES string of the molecule is O=S(=O)(Nc1nn(Cc2ccccc2F)cc1Cl)c1ccc(F)cc1. The van der Waals surface area contributed by atoms with Gasteiger partial charge in [-0.2, -0.15) is 5.10 Å². The first-order chi connectivity index (χ1) is 11.8. The number of hydrogen-bond acceptors (Lipinski definition) is 3. The van der Waals surface area contributed by atoms with Crippen molar-refractivity contribution in [3.8, 4) is 0 Å². The van der Waals surface area contributed by atoms with Crippen LogP contribution >= 0.6 is 11.6 Å². The lowest BCUT2D eigenvalue weighted by atomic mass is 10.2. The highest BCUT2D eigenvalue weighted by Gasteiger charge is 2.18. The number of hydrogen-bond donors (Lipinski definition) is 1. The Hall–Kier alpha value is -2.45. The molecular weight excluding hydrogens is 372 g/mol. The van der Waals surface area contributed by atoms with E-state index in [1.54, 1.807) is 18.2 Å². The van der Waals surface area contributed by atoms with Crippen molar-refractivity contribution in [3.05, 3.63) is 76.9 Å². The van der Waals surface area contributed by atoms with E-state index in [1.165, 1.54) is 16.9 Å². The van der Waals surface area contributed by atoms with E-state index in [1.807, 2.05) is 0 Å². The van der Waals surface area contributed by atoms with E-state index in [0.717, 1.165) is 24.3 Å². The number of sulfonamides is 1. The van der Waals surface area contributed by atoms with Crippen LogP contribution in [0.1, 0.15) is 5.56 Å². The van der Waals surface area contributed by atoms with E-state index in [4.69, 9.17) is 11.6 Å². The van der Waals surface area contributed by atoms with Gasteiger partial charge in [0.25, 0.3) is 10.0 Å². The van der Waals surface area contributed by atoms with Crippen molar-refractivity contribution < 1.29 is 17.2 Å². The Morgan fingerprint density at radius 3 is 2.44 bits per heavy atom. The maximum absolute atomic E-state index is 13.7. The molecule has 0 aliphatic heterocycles. The second kappa shape index (κ2) is 6.81. The van der Waals surface area contributed by atoms with Crippen molar-refractivity contribution in [3.63, 3.8) is 0 Å². The minimum absolute atomic E-state index is 0.0574. The molecule has 5 nitrogen and oxygen atoms in total. The monoisotopic (exact) mass is 383 g/mol. The molecule has 25 heavy (non-hydrogen) atoms. The van der Waals surface area contributed by atoms with Crippen LogP contribution in [0.25, 0.3) is 0 Å². The maximum atomic E-state index is 13.7. The normalized spacial score (nSPS) is 11.5. The molecule has 0 aliphatic rings. The molecule has 1 N–H and O–H groups in total. The summed E-state index contributed by atoms with van der Waals surface area (Å²) in [4.78, 5) is -0.131. The second-order valence-corrected chi connectivity index (χ2v) is 7.26. The van der Waals surface area contributed by atoms with E-state index in [9.17, 15) is 17.2 Å². The van der Waals surface area contributed by atoms with Crippen molar-refractivity contribution in [2.75, 3.05) is 4.72 Å². The van der Waals surface area contributed by atoms with Gasteiger partial charge in [0, 0.05) is 11.8 Å². The smallest absolute Gasteiger partial charge is 0.263 e. The van der Waals surface area contributed by atoms with Crippen LogP contribution < -0.4 is 4.72 Å². The summed E-state index contributed by atoms with van der Waals surface area (Å²) in [6.45, 7) is 0.0880. The molecule has 130 valence electrons. The Kier molecular flexibility index (Phi) is 4.73. The van der Waals surface area contributed by atoms with Gasteiger partial charge in [-0.3, -0.25) is 9.40 Å². The third kappa shape index (κ3) is 3.97. The summed E-state index contributed by atoms with van der Waals surface area (Å²) in [6, 6.07) is 10.5. The zero-order valence-corrected chi connectivity index (χ0v) is 14.2. The number of nitrogens with one attached hydrogen (secondary N) is 1. The van der Waals surface area contributed by atoms with E-state index in [0.29, 0.717) is 5.56 Å². The molecule has 0 saturated heterocycles. The molecule has 2 aromatic carbocycles. The number of aromatic nitrogens is 2. The quantitative estimate of drug-likeness (QED) is 0.731. The molecule has 0 amide bonds. The summed E-state index contributed by atoms with van der Waals surface area (Å²) in [6.07, 6.45) is 1.39. The molecule has 0 saturated carbocycles. The summed E-state index contributed by atoms with van der Waals surface area (Å²) in [5.74, 6) is -1.05. The number of anilines is 1. The zero-order chi connectivity index (χ0) is 18.0. The molecule has 1 aromatic heterocycles. The second-order valence-electron chi connectivity index (χ2n) is 5.17. The fourth-order valence-corrected chi connectivity index (χ4v) is 3.42. The lowest BCUT2D eigenvalue weighted by molar-refractivity contribution is 0.585. The standard InChI is InChI=1S/C16H12ClF2N3O2S/c17-14-10-22(9-11-3-1-2-4-15(11)19)20-16(14)21-25(23,24)13-7-5-12(18)6-8-13/h1-8,10H,9H2,(H,20,21). The lowest BCUT2D eigenvalue weighted by Gasteiger charge is -2.06. The molecule has 0 atom stereocenters. The summed E-state index contributed by atoms with van der Waals surface area (Å²) in [7, 11) is -3.97. The highest BCUT2D eigenvalue weighted by atomic mass is 35.5. The molecular formula is C16H12ClF2N3O2S. The van der Waals surface area contributed by atoms with Gasteiger partial charge in [0.15, 0.2) is 5.82 Å². The number of benzene rings is 2. The predicted octanol–water partition coefficient (Wildman–Crippen LogP) is 3.66. The first-order valence-electron chi connectivity index (χ1n) is 7.10. The van der Waals surface area contributed by atoms with E-state index in [2.05, 4.69) is 9.82 Å². The summed E-state index contributed by atoms with van der Waals surface area (Å²) in [5, 5.41) is 4.09. The molecule has 0 spiro atoms. The van der Waals surface area contributed by atoms with Crippen LogP contribution in [0.15, 0.2) is 59.6 Å². The largest absolute Gasteiger partial charge is 0.265 e. The van der Waals surface area contributed by atoms with Gasteiger partial charge >= 0.3 is 0 Å². The molecule has 0 fully saturated rings. The van der Waals surface area contributed by atoms with Crippen molar-refractivity contribution in [1.82, 2.24) is 9.78 Å². The maximum Gasteiger partial charge on any atom is 0.263 e. The Morgan fingerprint density at radius 2 is 1.76 bits per heavy atom. The third-order valence-corrected chi connectivity index (χ3v) is 4.99. The lowest BCUT2D eigenvalue weighted by Crippen LogP contribution is -2.14. The van der Waals surface area contributed by atoms with Crippen LogP contribution in [0, 0.1) is 11.6 Å². The summed E-state index contributed by atoms with van der Waals surface area (Å²) in [5.41, 5.74) is 0.384. The number of rotatable bonds is 5. The number of nitrogens with zero attached hydrogens (tertiary/aromatic N) is 2. The van der Waals surface area contributed by atoms with Crippen molar-refractivity contribution in [2.45, 2.75) is 11.4 Å². The fraction of sp³-hybridized carbons (Fsp3) is 0.0625. The van der Waals surface area contributed by atoms with E-state index < -0.39 is 21.7 Å². The van der Waals surface area contributed by atoms with E-state index in [-0.39, 0.29) is 22.3 Å². The van der Waals surface area contributed by atoms with Gasteiger partial charge in [0.1, 0.15) is 16.7 Å². The molecule has 0 radical (unpaired) electrons. The van der Waals surface area contributed by atoms with Gasteiger partial charge in [0.2, 0.25) is 0 Å². The van der Waals surface area contributed by atoms with Gasteiger partial charge in [0.05, 0.1) is 11.4 Å². The Bertz CT molecular complexity index is 1000. The molecule has 3 aromatic rings. The van der Waals surface area contributed by atoms with E-state index >= 15 is 0 Å². The average Bonchev–Trinajstić information content (AvgIpc) is 2.89. The van der Waals surface area contributed by atoms with Crippen LogP contribution in [0.4, 0.5) is 14.6 Å². The first kappa shape index (κ1) is 17.4. The van der Waals surface area contributed by atoms with Crippen LogP contribution in [0.2, 0.25) is 5.02 Å². The first-order valence-corrected chi connectivity index (χ1v) is 8.96. The molecule has 1 heterocycles. The highest BCUT2D eigenvalue weighted by Crippen LogP contribution is 2.23. The molecule has 3 rings (SSSR count). The topological polar surface area (TPSA) is 64.0 Å². The van der Waals surface area contributed by atoms with Gasteiger partial charge in [-0.15, -0.1) is 0 Å². The fourth-order valence-electron chi connectivity index (χ4n) is 2.15. The molecule has 0 unspecified atom stereocenters. The van der Waals surface area contributed by atoms with Crippen LogP contribution in [0.5, 0.6) is 0 Å². The summed E-state index contributed by atoms with van der Waals surface area (Å²) < 4.78 is 54.7. The zero-order valence-electron chi connectivity index (χ0n) is 12.7. The van der Waals surface area contributed by atoms with Crippen LogP contribution in [-0.4, -0.2) is 18.2 Å². The van der Waals surface area contributed by atoms with Gasteiger partial charge in [-0.05, 0) is 30.3 Å². The Balaban J connectivity index is 1.83.